The second kappa shape index (κ2) is 23.8. The van der Waals surface area contributed by atoms with Crippen LogP contribution in [0.1, 0.15) is 128 Å². The minimum absolute atomic E-state index is 0.349. The predicted octanol–water partition coefficient (Wildman–Crippen LogP) is 15.4. The third-order valence-electron chi connectivity index (χ3n) is 9.28. The maximum absolute atomic E-state index is 2.45. The summed E-state index contributed by atoms with van der Waals surface area (Å²) >= 11 is 0. The van der Waals surface area contributed by atoms with Gasteiger partial charge in [-0.3, -0.25) is 4.90 Å². The van der Waals surface area contributed by atoms with E-state index in [9.17, 15) is 0 Å². The van der Waals surface area contributed by atoms with Crippen molar-refractivity contribution in [3.63, 3.8) is 0 Å². The van der Waals surface area contributed by atoms with E-state index in [2.05, 4.69) is 158 Å². The molecule has 0 saturated carbocycles. The topological polar surface area (TPSA) is 3.24 Å². The summed E-state index contributed by atoms with van der Waals surface area (Å²) in [5.41, 5.74) is 16.1. The minimum Gasteiger partial charge on any atom is -0.298 e. The molecule has 0 unspecified atom stereocenters. The summed E-state index contributed by atoms with van der Waals surface area (Å²) in [5.74, 6) is 0. The molecule has 0 heterocycles. The molecule has 0 radical (unpaired) electrons. The summed E-state index contributed by atoms with van der Waals surface area (Å²) in [6.45, 7) is 25.8. The lowest BCUT2D eigenvalue weighted by atomic mass is 9.67. The van der Waals surface area contributed by atoms with Crippen LogP contribution in [0.2, 0.25) is 0 Å². The van der Waals surface area contributed by atoms with Crippen molar-refractivity contribution in [3.05, 3.63) is 190 Å². The van der Waals surface area contributed by atoms with E-state index in [1.54, 1.807) is 0 Å². The first-order chi connectivity index (χ1) is 26.7. The first-order valence-corrected chi connectivity index (χ1v) is 20.9. The molecule has 2 aliphatic rings. The van der Waals surface area contributed by atoms with Crippen LogP contribution in [0.4, 0.5) is 0 Å². The quantitative estimate of drug-likeness (QED) is 0.165. The summed E-state index contributed by atoms with van der Waals surface area (Å²) in [4.78, 5) is 2.44. The Morgan fingerprint density at radius 1 is 0.389 bits per heavy atom. The van der Waals surface area contributed by atoms with Crippen LogP contribution >= 0.6 is 0 Å². The minimum atomic E-state index is -0.349. The molecule has 0 N–H and O–H groups in total. The number of hydrogen-bond donors (Lipinski definition) is 0. The van der Waals surface area contributed by atoms with Gasteiger partial charge in [0.2, 0.25) is 0 Å². The average Bonchev–Trinajstić information content (AvgIpc) is 3.79. The Morgan fingerprint density at radius 2 is 0.833 bits per heavy atom. The van der Waals surface area contributed by atoms with Gasteiger partial charge in [-0.25, -0.2) is 0 Å². The smallest absolute Gasteiger partial charge is 0.0713 e. The van der Waals surface area contributed by atoms with Crippen molar-refractivity contribution in [3.8, 4) is 22.3 Å². The largest absolute Gasteiger partial charge is 0.298 e. The number of hydrogen-bond acceptors (Lipinski definition) is 1. The fourth-order valence-electron chi connectivity index (χ4n) is 7.59. The van der Waals surface area contributed by atoms with Crippen molar-refractivity contribution in [1.29, 1.82) is 0 Å². The maximum atomic E-state index is 2.45. The van der Waals surface area contributed by atoms with Crippen LogP contribution in [-0.4, -0.2) is 11.9 Å². The molecule has 8 rings (SSSR count). The van der Waals surface area contributed by atoms with Gasteiger partial charge in [0.05, 0.1) is 5.41 Å². The lowest BCUT2D eigenvalue weighted by Crippen LogP contribution is -2.29. The second-order valence-electron chi connectivity index (χ2n) is 11.9. The third-order valence-corrected chi connectivity index (χ3v) is 9.28. The highest BCUT2D eigenvalue weighted by Gasteiger charge is 2.45. The third kappa shape index (κ3) is 9.49. The van der Waals surface area contributed by atoms with Gasteiger partial charge in [0, 0.05) is 13.1 Å². The first-order valence-electron chi connectivity index (χ1n) is 20.9. The van der Waals surface area contributed by atoms with E-state index < -0.39 is 0 Å². The molecule has 54 heavy (non-hydrogen) atoms. The monoisotopic (exact) mass is 720 g/mol. The molecule has 6 aromatic carbocycles. The Balaban J connectivity index is 0.000000770. The highest BCUT2D eigenvalue weighted by molar-refractivity contribution is 5.86. The normalized spacial score (nSPS) is 11.4. The van der Waals surface area contributed by atoms with Gasteiger partial charge in [0.15, 0.2) is 0 Å². The Labute approximate surface area is 331 Å². The van der Waals surface area contributed by atoms with Gasteiger partial charge in [0.25, 0.3) is 0 Å². The van der Waals surface area contributed by atoms with E-state index >= 15 is 0 Å². The first kappa shape index (κ1) is 45.4. The van der Waals surface area contributed by atoms with Gasteiger partial charge < -0.3 is 0 Å². The molecule has 6 aromatic rings. The average molecular weight is 720 g/mol. The van der Waals surface area contributed by atoms with Crippen LogP contribution in [0.25, 0.3) is 22.3 Å². The van der Waals surface area contributed by atoms with Crippen LogP contribution in [0.15, 0.2) is 146 Å². The van der Waals surface area contributed by atoms with Gasteiger partial charge in [-0.05, 0) is 80.2 Å². The van der Waals surface area contributed by atoms with Crippen molar-refractivity contribution < 1.29 is 0 Å². The van der Waals surface area contributed by atoms with E-state index in [4.69, 9.17) is 0 Å². The van der Waals surface area contributed by atoms with Crippen molar-refractivity contribution in [1.82, 2.24) is 4.90 Å². The van der Waals surface area contributed by atoms with Crippen LogP contribution in [0.5, 0.6) is 0 Å². The van der Waals surface area contributed by atoms with E-state index in [-0.39, 0.29) is 5.41 Å². The SMILES string of the molecule is CC.CC.CC.CC.CC.CC.CN(Cc1cccc(C2(c3ccccc3)c3ccccc3-c3ccccc32)c1)Cc1ccc2c(c1)Cc1ccccc1-2. The van der Waals surface area contributed by atoms with Gasteiger partial charge in [0.1, 0.15) is 0 Å². The van der Waals surface area contributed by atoms with E-state index in [0.29, 0.717) is 0 Å². The van der Waals surface area contributed by atoms with Crippen molar-refractivity contribution >= 4 is 0 Å². The number of fused-ring (bicyclic) bond motifs is 6. The maximum Gasteiger partial charge on any atom is 0.0713 e. The molecule has 0 aromatic heterocycles. The Morgan fingerprint density at radius 3 is 1.41 bits per heavy atom. The van der Waals surface area contributed by atoms with Crippen molar-refractivity contribution in [2.24, 2.45) is 0 Å². The molecule has 0 fully saturated rings. The summed E-state index contributed by atoms with van der Waals surface area (Å²) in [5, 5.41) is 0. The molecule has 2 aliphatic carbocycles. The van der Waals surface area contributed by atoms with Crippen LogP contribution in [-0.2, 0) is 24.9 Å². The molecule has 0 atom stereocenters. The summed E-state index contributed by atoms with van der Waals surface area (Å²) in [6.07, 6.45) is 1.04. The zero-order valence-corrected chi connectivity index (χ0v) is 35.9. The molecule has 286 valence electrons. The molecule has 0 aliphatic heterocycles. The van der Waals surface area contributed by atoms with E-state index in [1.165, 1.54) is 66.8 Å². The number of benzene rings is 6. The molecular formula is C53H69N. The van der Waals surface area contributed by atoms with E-state index in [1.807, 2.05) is 83.1 Å². The Bertz CT molecular complexity index is 1890. The highest BCUT2D eigenvalue weighted by Crippen LogP contribution is 2.56. The molecule has 0 amide bonds. The van der Waals surface area contributed by atoms with Crippen molar-refractivity contribution in [2.75, 3.05) is 7.05 Å². The van der Waals surface area contributed by atoms with Gasteiger partial charge in [-0.2, -0.15) is 0 Å². The lowest BCUT2D eigenvalue weighted by molar-refractivity contribution is 0.319. The summed E-state index contributed by atoms with van der Waals surface area (Å²) in [7, 11) is 2.24. The Kier molecular flexibility index (Phi) is 20.1. The number of rotatable bonds is 6. The number of nitrogens with zero attached hydrogens (tertiary/aromatic N) is 1. The highest BCUT2D eigenvalue weighted by atomic mass is 15.1. The standard InChI is InChI=1S/C41H33N.6C2H6/c1-42(28-30-22-23-36-32(24-30)26-31-13-5-6-17-35(31)36)27-29-12-11-16-34(25-29)41(33-14-3-2-4-15-33)39-20-9-7-18-37(39)38-19-8-10-21-40(38)41;6*1-2/h2-25H,26-28H2,1H3;6*1-2H3. The fraction of sp³-hybridized carbons (Fsp3) is 0.321. The zero-order chi connectivity index (χ0) is 40.1. The molecule has 1 heteroatoms. The molecular weight excluding hydrogens is 651 g/mol. The molecule has 0 saturated heterocycles. The fourth-order valence-corrected chi connectivity index (χ4v) is 7.59. The van der Waals surface area contributed by atoms with Crippen molar-refractivity contribution in [2.45, 2.75) is 108 Å². The predicted molar refractivity (Wildman–Crippen MR) is 242 cm³/mol. The molecule has 1 nitrogen and oxygen atoms in total. The summed E-state index contributed by atoms with van der Waals surface area (Å²) < 4.78 is 0. The second-order valence-corrected chi connectivity index (χ2v) is 11.9. The van der Waals surface area contributed by atoms with Gasteiger partial charge in [-0.15, -0.1) is 0 Å². The molecule has 0 bridgehead atoms. The van der Waals surface area contributed by atoms with Crippen LogP contribution < -0.4 is 0 Å². The summed E-state index contributed by atoms with van der Waals surface area (Å²) in [6, 6.07) is 54.2. The molecule has 0 spiro atoms. The van der Waals surface area contributed by atoms with Crippen LogP contribution in [0, 0.1) is 0 Å². The van der Waals surface area contributed by atoms with Crippen LogP contribution in [0.3, 0.4) is 0 Å². The lowest BCUT2D eigenvalue weighted by Gasteiger charge is -2.34. The van der Waals surface area contributed by atoms with E-state index in [0.717, 1.165) is 19.5 Å². The van der Waals surface area contributed by atoms with Gasteiger partial charge >= 0.3 is 0 Å². The Hall–Kier alpha value is -4.72. The zero-order valence-electron chi connectivity index (χ0n) is 35.9. The van der Waals surface area contributed by atoms with Gasteiger partial charge in [-0.1, -0.05) is 229 Å².